The molecule has 0 unspecified atom stereocenters. The minimum atomic E-state index is -0.214. The molecule has 2 aromatic rings. The molecule has 3 rings (SSSR count). The van der Waals surface area contributed by atoms with Gasteiger partial charge in [0.05, 0.1) is 11.0 Å². The molecule has 0 bridgehead atoms. The highest BCUT2D eigenvalue weighted by Gasteiger charge is 2.32. The number of nitrogen functional groups attached to an aromatic ring is 1. The smallest absolute Gasteiger partial charge is 0.232 e. The molecule has 0 saturated heterocycles. The first-order valence-corrected chi connectivity index (χ1v) is 7.23. The number of furan rings is 1. The number of nitrogens with two attached hydrogens (primary N) is 1. The van der Waals surface area contributed by atoms with Crippen molar-refractivity contribution in [3.63, 3.8) is 0 Å². The summed E-state index contributed by atoms with van der Waals surface area (Å²) >= 11 is 1.45. The van der Waals surface area contributed by atoms with Gasteiger partial charge < -0.3 is 14.6 Å². The van der Waals surface area contributed by atoms with Gasteiger partial charge in [-0.15, -0.1) is 0 Å². The minimum absolute atomic E-state index is 0.214. The fraction of sp³-hybridized carbons (Fsp3) is 0.500. The van der Waals surface area contributed by atoms with E-state index in [1.807, 2.05) is 6.26 Å². The van der Waals surface area contributed by atoms with Gasteiger partial charge in [-0.1, -0.05) is 11.8 Å². The van der Waals surface area contributed by atoms with Crippen LogP contribution in [0.1, 0.15) is 25.2 Å². The summed E-state index contributed by atoms with van der Waals surface area (Å²) in [7, 11) is 0. The van der Waals surface area contributed by atoms with Crippen molar-refractivity contribution in [3.05, 3.63) is 11.3 Å². The zero-order valence-electron chi connectivity index (χ0n) is 11.1. The van der Waals surface area contributed by atoms with E-state index in [0.717, 1.165) is 23.1 Å². The number of ether oxygens (including phenoxy) is 1. The topological polar surface area (TPSA) is 86.2 Å². The van der Waals surface area contributed by atoms with E-state index in [4.69, 9.17) is 15.0 Å². The van der Waals surface area contributed by atoms with Crippen molar-refractivity contribution in [3.8, 4) is 0 Å². The highest BCUT2D eigenvalue weighted by atomic mass is 32.2. The number of rotatable bonds is 2. The molecule has 6 nitrogen and oxygen atoms in total. The van der Waals surface area contributed by atoms with Crippen LogP contribution in [-0.2, 0) is 17.8 Å². The zero-order chi connectivity index (χ0) is 13.6. The SMILES string of the molecule is CSc1nc(NN)c2c3c(oc2n1)COC(C)(C)C3. The van der Waals surface area contributed by atoms with E-state index >= 15 is 0 Å². The Morgan fingerprint density at radius 3 is 2.84 bits per heavy atom. The maximum atomic E-state index is 5.78. The van der Waals surface area contributed by atoms with Crippen molar-refractivity contribution >= 4 is 28.7 Å². The molecule has 7 heteroatoms. The maximum absolute atomic E-state index is 5.78. The second kappa shape index (κ2) is 4.36. The van der Waals surface area contributed by atoms with Crippen LogP contribution in [-0.4, -0.2) is 21.8 Å². The summed E-state index contributed by atoms with van der Waals surface area (Å²) in [5.41, 5.74) is 4.09. The van der Waals surface area contributed by atoms with Gasteiger partial charge in [0.25, 0.3) is 0 Å². The molecule has 0 aromatic carbocycles. The summed E-state index contributed by atoms with van der Waals surface area (Å²) in [4.78, 5) is 8.77. The fourth-order valence-electron chi connectivity index (χ4n) is 2.32. The van der Waals surface area contributed by atoms with Crippen LogP contribution in [0, 0.1) is 0 Å². The average Bonchev–Trinajstić information content (AvgIpc) is 2.74. The number of nitrogens with zero attached hydrogens (tertiary/aromatic N) is 2. The molecule has 0 radical (unpaired) electrons. The van der Waals surface area contributed by atoms with Gasteiger partial charge in [0, 0.05) is 12.0 Å². The molecule has 102 valence electrons. The molecule has 19 heavy (non-hydrogen) atoms. The summed E-state index contributed by atoms with van der Waals surface area (Å²) in [6.45, 7) is 4.57. The summed E-state index contributed by atoms with van der Waals surface area (Å²) in [5, 5.41) is 1.50. The van der Waals surface area contributed by atoms with Gasteiger partial charge in [0.1, 0.15) is 12.4 Å². The lowest BCUT2D eigenvalue weighted by molar-refractivity contribution is -0.0476. The van der Waals surface area contributed by atoms with Crippen molar-refractivity contribution in [1.82, 2.24) is 9.97 Å². The summed E-state index contributed by atoms with van der Waals surface area (Å²) in [6, 6.07) is 0. The Balaban J connectivity index is 2.25. The molecule has 2 aromatic heterocycles. The van der Waals surface area contributed by atoms with E-state index in [1.54, 1.807) is 0 Å². The van der Waals surface area contributed by atoms with E-state index < -0.39 is 0 Å². The van der Waals surface area contributed by atoms with Crippen molar-refractivity contribution in [2.75, 3.05) is 11.7 Å². The van der Waals surface area contributed by atoms with Crippen LogP contribution in [0.15, 0.2) is 9.57 Å². The van der Waals surface area contributed by atoms with Crippen LogP contribution in [0.25, 0.3) is 11.1 Å². The van der Waals surface area contributed by atoms with Crippen LogP contribution in [0.3, 0.4) is 0 Å². The van der Waals surface area contributed by atoms with E-state index in [9.17, 15) is 0 Å². The monoisotopic (exact) mass is 280 g/mol. The van der Waals surface area contributed by atoms with Gasteiger partial charge in [-0.2, -0.15) is 4.98 Å². The third-order valence-corrected chi connectivity index (χ3v) is 3.78. The molecular formula is C12H16N4O2S. The number of nitrogens with one attached hydrogen (secondary N) is 1. The lowest BCUT2D eigenvalue weighted by atomic mass is 9.94. The first-order chi connectivity index (χ1) is 9.04. The number of hydrogen-bond donors (Lipinski definition) is 2. The largest absolute Gasteiger partial charge is 0.440 e. The second-order valence-electron chi connectivity index (χ2n) is 5.11. The highest BCUT2D eigenvalue weighted by Crippen LogP contribution is 2.37. The van der Waals surface area contributed by atoms with E-state index in [2.05, 4.69) is 29.2 Å². The normalized spacial score (nSPS) is 17.5. The Morgan fingerprint density at radius 1 is 1.37 bits per heavy atom. The molecule has 0 atom stereocenters. The van der Waals surface area contributed by atoms with Crippen LogP contribution < -0.4 is 11.3 Å². The lowest BCUT2D eigenvalue weighted by Gasteiger charge is -2.29. The quantitative estimate of drug-likeness (QED) is 0.377. The van der Waals surface area contributed by atoms with Gasteiger partial charge in [0.15, 0.2) is 11.0 Å². The van der Waals surface area contributed by atoms with Crippen LogP contribution >= 0.6 is 11.8 Å². The maximum Gasteiger partial charge on any atom is 0.232 e. The van der Waals surface area contributed by atoms with Crippen molar-refractivity contribution in [2.24, 2.45) is 5.84 Å². The summed E-state index contributed by atoms with van der Waals surface area (Å²) < 4.78 is 11.5. The predicted octanol–water partition coefficient (Wildman–Crippen LogP) is 2.08. The molecule has 1 aliphatic heterocycles. The molecule has 1 aliphatic rings. The Hall–Kier alpha value is -1.31. The highest BCUT2D eigenvalue weighted by molar-refractivity contribution is 7.98. The molecule has 3 heterocycles. The Bertz CT molecular complexity index is 638. The Kier molecular flexibility index (Phi) is 2.92. The molecule has 0 spiro atoms. The van der Waals surface area contributed by atoms with Gasteiger partial charge in [-0.25, -0.2) is 10.8 Å². The van der Waals surface area contributed by atoms with Crippen LogP contribution in [0.2, 0.25) is 0 Å². The Morgan fingerprint density at radius 2 is 2.16 bits per heavy atom. The van der Waals surface area contributed by atoms with Crippen molar-refractivity contribution in [1.29, 1.82) is 0 Å². The fourth-order valence-corrected chi connectivity index (χ4v) is 2.68. The number of aromatic nitrogens is 2. The molecular weight excluding hydrogens is 264 g/mol. The lowest BCUT2D eigenvalue weighted by Crippen LogP contribution is -2.31. The van der Waals surface area contributed by atoms with Gasteiger partial charge in [-0.3, -0.25) is 0 Å². The number of fused-ring (bicyclic) bond motifs is 3. The minimum Gasteiger partial charge on any atom is -0.440 e. The molecule has 0 aliphatic carbocycles. The van der Waals surface area contributed by atoms with Crippen molar-refractivity contribution in [2.45, 2.75) is 37.6 Å². The first-order valence-electron chi connectivity index (χ1n) is 6.01. The number of anilines is 1. The average molecular weight is 280 g/mol. The number of hydrazine groups is 1. The van der Waals surface area contributed by atoms with Crippen LogP contribution in [0.5, 0.6) is 0 Å². The molecule has 0 fully saturated rings. The first kappa shape index (κ1) is 12.7. The van der Waals surface area contributed by atoms with Gasteiger partial charge in [0.2, 0.25) is 5.71 Å². The molecule has 0 saturated carbocycles. The summed E-state index contributed by atoms with van der Waals surface area (Å²) in [5.74, 6) is 7.00. The molecule has 3 N–H and O–H groups in total. The van der Waals surface area contributed by atoms with E-state index in [0.29, 0.717) is 23.3 Å². The standard InChI is InChI=1S/C12H16N4O2S/c1-12(2)4-6-7(5-17-12)18-10-8(6)9(16-13)14-11(15-10)19-3/h4-5,13H2,1-3H3,(H,14,15,16). The Labute approximate surface area is 115 Å². The van der Waals surface area contributed by atoms with Crippen LogP contribution in [0.4, 0.5) is 5.82 Å². The van der Waals surface area contributed by atoms with Crippen molar-refractivity contribution < 1.29 is 9.15 Å². The zero-order valence-corrected chi connectivity index (χ0v) is 11.9. The molecule has 0 amide bonds. The van der Waals surface area contributed by atoms with Gasteiger partial charge >= 0.3 is 0 Å². The predicted molar refractivity (Wildman–Crippen MR) is 74.0 cm³/mol. The van der Waals surface area contributed by atoms with Gasteiger partial charge in [-0.05, 0) is 20.1 Å². The number of thioether (sulfide) groups is 1. The summed E-state index contributed by atoms with van der Waals surface area (Å²) in [6.07, 6.45) is 2.67. The van der Waals surface area contributed by atoms with E-state index in [-0.39, 0.29) is 5.60 Å². The third kappa shape index (κ3) is 2.07. The number of hydrogen-bond acceptors (Lipinski definition) is 7. The third-order valence-electron chi connectivity index (χ3n) is 3.23. The van der Waals surface area contributed by atoms with E-state index in [1.165, 1.54) is 11.8 Å². The second-order valence-corrected chi connectivity index (χ2v) is 5.89.